The highest BCUT2D eigenvalue weighted by Gasteiger charge is 2.81. The average Bonchev–Trinajstić information content (AvgIpc) is 3.35. The van der Waals surface area contributed by atoms with Crippen LogP contribution in [0.15, 0.2) is 36.5 Å². The maximum absolute atomic E-state index is 12.8. The third-order valence-electron chi connectivity index (χ3n) is 12.0. The number of allylic oxidation sites excluding steroid dienone is 5. The van der Waals surface area contributed by atoms with Gasteiger partial charge in [0.15, 0.2) is 5.78 Å². The van der Waals surface area contributed by atoms with Gasteiger partial charge in [-0.1, -0.05) is 65.0 Å². The predicted molar refractivity (Wildman–Crippen MR) is 130 cm³/mol. The molecule has 0 aromatic carbocycles. The Kier molecular flexibility index (Phi) is 4.14. The van der Waals surface area contributed by atoms with Crippen molar-refractivity contribution in [3.8, 4) is 0 Å². The minimum absolute atomic E-state index is 0.0617. The monoisotopic (exact) mass is 450 g/mol. The van der Waals surface area contributed by atoms with Crippen LogP contribution in [0.5, 0.6) is 0 Å². The molecule has 0 radical (unpaired) electrons. The lowest BCUT2D eigenvalue weighted by atomic mass is 9.45. The Balaban J connectivity index is 1.43. The smallest absolute Gasteiger partial charge is 0.161 e. The van der Waals surface area contributed by atoms with E-state index in [1.807, 2.05) is 19.9 Å². The molecule has 0 bridgehead atoms. The molecule has 3 heteroatoms. The fourth-order valence-corrected chi connectivity index (χ4v) is 10.1. The lowest BCUT2D eigenvalue weighted by Crippen LogP contribution is -2.54. The number of aliphatic hydroxyl groups is 1. The molecule has 180 valence electrons. The molecule has 3 saturated carbocycles. The fourth-order valence-electron chi connectivity index (χ4n) is 10.1. The molecule has 3 fully saturated rings. The molecule has 1 aliphatic heterocycles. The van der Waals surface area contributed by atoms with Gasteiger partial charge in [-0.05, 0) is 74.2 Å². The number of hydrogen-bond acceptors (Lipinski definition) is 3. The van der Waals surface area contributed by atoms with Crippen LogP contribution in [0.2, 0.25) is 0 Å². The number of hydrogen-bond donors (Lipinski definition) is 1. The number of rotatable bonds is 1. The Bertz CT molecular complexity index is 997. The van der Waals surface area contributed by atoms with Gasteiger partial charge in [-0.25, -0.2) is 0 Å². The van der Waals surface area contributed by atoms with E-state index in [-0.39, 0.29) is 39.3 Å². The lowest BCUT2D eigenvalue weighted by molar-refractivity contribution is -0.131. The molecule has 1 heterocycles. The molecule has 6 rings (SSSR count). The van der Waals surface area contributed by atoms with Crippen LogP contribution in [0.25, 0.3) is 0 Å². The Labute approximate surface area is 199 Å². The largest absolute Gasteiger partial charge is 0.387 e. The van der Waals surface area contributed by atoms with Crippen molar-refractivity contribution in [1.82, 2.24) is 0 Å². The molecule has 3 nitrogen and oxygen atoms in total. The maximum Gasteiger partial charge on any atom is 0.161 e. The summed E-state index contributed by atoms with van der Waals surface area (Å²) >= 11 is 0. The van der Waals surface area contributed by atoms with Crippen LogP contribution >= 0.6 is 0 Å². The van der Waals surface area contributed by atoms with Crippen molar-refractivity contribution in [2.45, 2.75) is 92.0 Å². The van der Waals surface area contributed by atoms with E-state index in [0.29, 0.717) is 29.5 Å². The highest BCUT2D eigenvalue weighted by atomic mass is 16.5. The highest BCUT2D eigenvalue weighted by Crippen LogP contribution is 2.86. The minimum atomic E-state index is -0.888. The summed E-state index contributed by atoms with van der Waals surface area (Å²) < 4.78 is 6.74. The Morgan fingerprint density at radius 3 is 2.36 bits per heavy atom. The van der Waals surface area contributed by atoms with E-state index in [2.05, 4.69) is 65.0 Å². The standard InChI is InChI=1S/C30H42O3/c1-18-8-11-23(26(4,5)32)33-19-16-28(7)21-10-9-20-25(2,3)22(31)12-13-29(20)17-30(21,29)15-14-27(28,6)24(18)19/h8,11-15,18-21,23-24,32H,9-10,16-17H2,1-7H3/t18-,19+,20+,21+,23-,24+,27-,28+,29-,30+/m1/s1. The van der Waals surface area contributed by atoms with Crippen molar-refractivity contribution in [3.05, 3.63) is 36.5 Å². The molecule has 5 aliphatic carbocycles. The third kappa shape index (κ3) is 2.42. The Hall–Kier alpha value is -1.19. The SMILES string of the molecule is C[C@@H]1C=C[C@H](C(C)(C)O)O[C@H]2C[C@@]3(C)[C@@H]4CC[C@H]5C(C)(C)C(=O)C=C[C@@]56C[C@@]46C=C[C@]3(C)[C@@H]12. The van der Waals surface area contributed by atoms with Gasteiger partial charge in [-0.3, -0.25) is 4.79 Å². The molecule has 0 amide bonds. The summed E-state index contributed by atoms with van der Waals surface area (Å²) in [6, 6.07) is 0. The van der Waals surface area contributed by atoms with Gasteiger partial charge in [0.2, 0.25) is 0 Å². The van der Waals surface area contributed by atoms with E-state index < -0.39 is 5.60 Å². The van der Waals surface area contributed by atoms with Crippen molar-refractivity contribution < 1.29 is 14.6 Å². The Morgan fingerprint density at radius 1 is 1.00 bits per heavy atom. The van der Waals surface area contributed by atoms with Crippen LogP contribution in [0, 0.1) is 50.7 Å². The van der Waals surface area contributed by atoms with Gasteiger partial charge in [-0.2, -0.15) is 0 Å². The quantitative estimate of drug-likeness (QED) is 0.507. The van der Waals surface area contributed by atoms with E-state index in [9.17, 15) is 9.90 Å². The zero-order chi connectivity index (χ0) is 23.8. The normalized spacial score (nSPS) is 55.7. The van der Waals surface area contributed by atoms with Crippen molar-refractivity contribution in [3.63, 3.8) is 0 Å². The fraction of sp³-hybridized carbons (Fsp3) is 0.767. The summed E-state index contributed by atoms with van der Waals surface area (Å²) in [6.45, 7) is 15.5. The van der Waals surface area contributed by atoms with Crippen LogP contribution in [-0.4, -0.2) is 28.7 Å². The van der Waals surface area contributed by atoms with Gasteiger partial charge in [0.1, 0.15) is 6.10 Å². The molecule has 0 aromatic heterocycles. The van der Waals surface area contributed by atoms with Gasteiger partial charge < -0.3 is 9.84 Å². The summed E-state index contributed by atoms with van der Waals surface area (Å²) in [5, 5.41) is 10.8. The van der Waals surface area contributed by atoms with Gasteiger partial charge >= 0.3 is 0 Å². The first-order valence-corrected chi connectivity index (χ1v) is 13.2. The molecule has 0 saturated heterocycles. The van der Waals surface area contributed by atoms with E-state index >= 15 is 0 Å². The molecule has 0 aromatic rings. The lowest BCUT2D eigenvalue weighted by Gasteiger charge is -2.59. The second-order valence-electron chi connectivity index (χ2n) is 14.1. The summed E-state index contributed by atoms with van der Waals surface area (Å²) in [4.78, 5) is 12.8. The first-order valence-electron chi connectivity index (χ1n) is 13.2. The van der Waals surface area contributed by atoms with E-state index in [1.54, 1.807) is 0 Å². The summed E-state index contributed by atoms with van der Waals surface area (Å²) in [5.41, 5.74) is -0.595. The minimum Gasteiger partial charge on any atom is -0.387 e. The number of carbonyl (C=O) groups excluding carboxylic acids is 1. The topological polar surface area (TPSA) is 46.5 Å². The second-order valence-corrected chi connectivity index (χ2v) is 14.1. The van der Waals surface area contributed by atoms with Crippen LogP contribution in [0.4, 0.5) is 0 Å². The molecule has 1 N–H and O–H groups in total. The van der Waals surface area contributed by atoms with Gasteiger partial charge in [-0.15, -0.1) is 0 Å². The predicted octanol–water partition coefficient (Wildman–Crippen LogP) is 5.89. The number of ketones is 1. The average molecular weight is 451 g/mol. The van der Waals surface area contributed by atoms with Gasteiger partial charge in [0, 0.05) is 22.2 Å². The van der Waals surface area contributed by atoms with Gasteiger partial charge in [0.25, 0.3) is 0 Å². The molecule has 2 spiro atoms. The zero-order valence-electron chi connectivity index (χ0n) is 21.5. The van der Waals surface area contributed by atoms with Crippen LogP contribution in [0.1, 0.15) is 74.1 Å². The van der Waals surface area contributed by atoms with Gasteiger partial charge in [0.05, 0.1) is 11.7 Å². The van der Waals surface area contributed by atoms with Crippen molar-refractivity contribution in [2.75, 3.05) is 0 Å². The Morgan fingerprint density at radius 2 is 1.67 bits per heavy atom. The molecular formula is C30H42O3. The van der Waals surface area contributed by atoms with Crippen LogP contribution in [-0.2, 0) is 9.53 Å². The maximum atomic E-state index is 12.8. The molecule has 10 atom stereocenters. The number of fused-ring (bicyclic) bond motifs is 4. The molecular weight excluding hydrogens is 408 g/mol. The van der Waals surface area contributed by atoms with E-state index in [1.165, 1.54) is 12.8 Å². The van der Waals surface area contributed by atoms with Crippen molar-refractivity contribution >= 4 is 5.78 Å². The zero-order valence-corrected chi connectivity index (χ0v) is 21.5. The summed E-state index contributed by atoms with van der Waals surface area (Å²) in [5.74, 6) is 2.18. The number of carbonyl (C=O) groups is 1. The first kappa shape index (κ1) is 22.3. The summed E-state index contributed by atoms with van der Waals surface area (Å²) in [6.07, 6.45) is 18.3. The van der Waals surface area contributed by atoms with E-state index in [0.717, 1.165) is 12.8 Å². The van der Waals surface area contributed by atoms with E-state index in [4.69, 9.17) is 4.74 Å². The van der Waals surface area contributed by atoms with Crippen molar-refractivity contribution in [2.24, 2.45) is 50.7 Å². The highest BCUT2D eigenvalue weighted by molar-refractivity contribution is 5.96. The molecule has 0 unspecified atom stereocenters. The number of ether oxygens (including phenoxy) is 1. The van der Waals surface area contributed by atoms with Crippen LogP contribution in [0.3, 0.4) is 0 Å². The molecule has 6 aliphatic rings. The summed E-state index contributed by atoms with van der Waals surface area (Å²) in [7, 11) is 0. The van der Waals surface area contributed by atoms with Crippen LogP contribution < -0.4 is 0 Å². The van der Waals surface area contributed by atoms with Crippen molar-refractivity contribution in [1.29, 1.82) is 0 Å². The first-order chi connectivity index (χ1) is 15.2. The molecule has 33 heavy (non-hydrogen) atoms. The third-order valence-corrected chi connectivity index (χ3v) is 12.0. The second kappa shape index (κ2) is 6.13.